The van der Waals surface area contributed by atoms with Crippen LogP contribution in [0.3, 0.4) is 0 Å². The van der Waals surface area contributed by atoms with Crippen LogP contribution in [0.2, 0.25) is 0 Å². The van der Waals surface area contributed by atoms with Crippen LogP contribution in [0.5, 0.6) is 11.5 Å². The number of ether oxygens (including phenoxy) is 3. The Balaban J connectivity index is 1.63. The molecule has 156 valence electrons. The van der Waals surface area contributed by atoms with Gasteiger partial charge in [0.1, 0.15) is 11.5 Å². The van der Waals surface area contributed by atoms with E-state index >= 15 is 0 Å². The van der Waals surface area contributed by atoms with Gasteiger partial charge in [-0.2, -0.15) is 0 Å². The number of nitrogens with one attached hydrogen (secondary N) is 1. The lowest BCUT2D eigenvalue weighted by Gasteiger charge is -2.25. The van der Waals surface area contributed by atoms with Crippen molar-refractivity contribution >= 4 is 11.6 Å². The maximum absolute atomic E-state index is 12.7. The van der Waals surface area contributed by atoms with Gasteiger partial charge >= 0.3 is 0 Å². The molecule has 3 aromatic carbocycles. The van der Waals surface area contributed by atoms with Crippen LogP contribution in [-0.4, -0.2) is 25.7 Å². The molecule has 0 aromatic heterocycles. The molecule has 30 heavy (non-hydrogen) atoms. The maximum atomic E-state index is 12.7. The van der Waals surface area contributed by atoms with Crippen LogP contribution in [-0.2, 0) is 16.1 Å². The molecule has 0 saturated heterocycles. The third-order valence-electron chi connectivity index (χ3n) is 4.72. The summed E-state index contributed by atoms with van der Waals surface area (Å²) in [7, 11) is 3.29. The minimum Gasteiger partial charge on any atom is -0.497 e. The molecule has 1 N–H and O–H groups in total. The van der Waals surface area contributed by atoms with Gasteiger partial charge in [0.15, 0.2) is 5.60 Å². The first-order chi connectivity index (χ1) is 14.4. The fourth-order valence-electron chi connectivity index (χ4n) is 2.97. The van der Waals surface area contributed by atoms with Gasteiger partial charge < -0.3 is 19.5 Å². The van der Waals surface area contributed by atoms with Gasteiger partial charge in [-0.05, 0) is 66.9 Å². The van der Waals surface area contributed by atoms with Crippen molar-refractivity contribution in [2.45, 2.75) is 26.1 Å². The monoisotopic (exact) mass is 405 g/mol. The minimum absolute atomic E-state index is 0.227. The van der Waals surface area contributed by atoms with E-state index in [0.717, 1.165) is 22.4 Å². The summed E-state index contributed by atoms with van der Waals surface area (Å²) in [6.45, 7) is 4.07. The quantitative estimate of drug-likeness (QED) is 0.552. The average Bonchev–Trinajstić information content (AvgIpc) is 2.75. The van der Waals surface area contributed by atoms with Gasteiger partial charge in [0, 0.05) is 12.8 Å². The standard InChI is InChI=1S/C25H27NO4/c1-25(2,30-23-15-13-22(29-4)14-16-23)24(27)26-21-11-9-20(10-12-21)19-7-5-18(6-8-19)17-28-3/h5-16H,17H2,1-4H3,(H,26,27). The zero-order chi connectivity index (χ0) is 21.6. The summed E-state index contributed by atoms with van der Waals surface area (Å²) in [5, 5.41) is 2.92. The molecule has 0 unspecified atom stereocenters. The van der Waals surface area contributed by atoms with Crippen molar-refractivity contribution in [3.05, 3.63) is 78.4 Å². The molecule has 0 aliphatic rings. The number of carbonyl (C=O) groups is 1. The van der Waals surface area contributed by atoms with Gasteiger partial charge in [-0.3, -0.25) is 4.79 Å². The van der Waals surface area contributed by atoms with Crippen molar-refractivity contribution in [3.63, 3.8) is 0 Å². The van der Waals surface area contributed by atoms with Gasteiger partial charge in [0.2, 0.25) is 0 Å². The van der Waals surface area contributed by atoms with E-state index in [0.29, 0.717) is 18.0 Å². The molecular formula is C25H27NO4. The smallest absolute Gasteiger partial charge is 0.267 e. The second kappa shape index (κ2) is 9.46. The van der Waals surface area contributed by atoms with Crippen molar-refractivity contribution in [1.82, 2.24) is 0 Å². The lowest BCUT2D eigenvalue weighted by molar-refractivity contribution is -0.128. The van der Waals surface area contributed by atoms with E-state index in [1.165, 1.54) is 0 Å². The zero-order valence-corrected chi connectivity index (χ0v) is 17.8. The molecule has 1 amide bonds. The predicted molar refractivity (Wildman–Crippen MR) is 119 cm³/mol. The third-order valence-corrected chi connectivity index (χ3v) is 4.72. The number of carbonyl (C=O) groups excluding carboxylic acids is 1. The fourth-order valence-corrected chi connectivity index (χ4v) is 2.97. The van der Waals surface area contributed by atoms with Crippen LogP contribution in [0.25, 0.3) is 11.1 Å². The number of rotatable bonds is 8. The van der Waals surface area contributed by atoms with Crippen LogP contribution < -0.4 is 14.8 Å². The summed E-state index contributed by atoms with van der Waals surface area (Å²) < 4.78 is 16.2. The lowest BCUT2D eigenvalue weighted by atomic mass is 10.0. The number of anilines is 1. The van der Waals surface area contributed by atoms with E-state index in [-0.39, 0.29) is 5.91 Å². The van der Waals surface area contributed by atoms with Crippen molar-refractivity contribution < 1.29 is 19.0 Å². The molecule has 0 spiro atoms. The van der Waals surface area contributed by atoms with Crippen molar-refractivity contribution in [3.8, 4) is 22.6 Å². The van der Waals surface area contributed by atoms with Crippen molar-refractivity contribution in [2.75, 3.05) is 19.5 Å². The Labute approximate surface area is 177 Å². The average molecular weight is 405 g/mol. The maximum Gasteiger partial charge on any atom is 0.267 e. The number of methoxy groups -OCH3 is 2. The summed E-state index contributed by atoms with van der Waals surface area (Å²) in [5.41, 5.74) is 2.99. The molecule has 3 rings (SSSR count). The highest BCUT2D eigenvalue weighted by molar-refractivity contribution is 5.97. The highest BCUT2D eigenvalue weighted by Gasteiger charge is 2.30. The first-order valence-electron chi connectivity index (χ1n) is 9.74. The first kappa shape index (κ1) is 21.4. The predicted octanol–water partition coefficient (Wildman–Crippen LogP) is 5.30. The summed E-state index contributed by atoms with van der Waals surface area (Å²) >= 11 is 0. The molecule has 0 fully saturated rings. The lowest BCUT2D eigenvalue weighted by Crippen LogP contribution is -2.42. The molecular weight excluding hydrogens is 378 g/mol. The molecule has 0 heterocycles. The van der Waals surface area contributed by atoms with Crippen LogP contribution in [0.4, 0.5) is 5.69 Å². The fraction of sp³-hybridized carbons (Fsp3) is 0.240. The number of hydrogen-bond acceptors (Lipinski definition) is 4. The summed E-state index contributed by atoms with van der Waals surface area (Å²) in [4.78, 5) is 12.7. The van der Waals surface area contributed by atoms with Gasteiger partial charge in [0.25, 0.3) is 5.91 Å². The molecule has 3 aromatic rings. The highest BCUT2D eigenvalue weighted by Crippen LogP contribution is 2.25. The largest absolute Gasteiger partial charge is 0.497 e. The van der Waals surface area contributed by atoms with E-state index in [9.17, 15) is 4.79 Å². The molecule has 5 nitrogen and oxygen atoms in total. The topological polar surface area (TPSA) is 56.8 Å². The van der Waals surface area contributed by atoms with Gasteiger partial charge in [-0.25, -0.2) is 0 Å². The van der Waals surface area contributed by atoms with Gasteiger partial charge in [-0.1, -0.05) is 36.4 Å². The van der Waals surface area contributed by atoms with E-state index in [1.54, 1.807) is 52.3 Å². The molecule has 0 atom stereocenters. The Kier molecular flexibility index (Phi) is 6.75. The summed E-state index contributed by atoms with van der Waals surface area (Å²) in [5.74, 6) is 1.11. The second-order valence-electron chi connectivity index (χ2n) is 7.45. The van der Waals surface area contributed by atoms with Gasteiger partial charge in [-0.15, -0.1) is 0 Å². The molecule has 0 bridgehead atoms. The molecule has 0 aliphatic heterocycles. The highest BCUT2D eigenvalue weighted by atomic mass is 16.5. The van der Waals surface area contributed by atoms with E-state index < -0.39 is 5.60 Å². The van der Waals surface area contributed by atoms with E-state index in [2.05, 4.69) is 17.4 Å². The van der Waals surface area contributed by atoms with Crippen molar-refractivity contribution in [1.29, 1.82) is 0 Å². The number of amides is 1. The Hall–Kier alpha value is -3.31. The van der Waals surface area contributed by atoms with E-state index in [4.69, 9.17) is 14.2 Å². The molecule has 0 radical (unpaired) electrons. The SMILES string of the molecule is COCc1ccc(-c2ccc(NC(=O)C(C)(C)Oc3ccc(OC)cc3)cc2)cc1. The minimum atomic E-state index is -1.04. The summed E-state index contributed by atoms with van der Waals surface area (Å²) in [6, 6.07) is 23.1. The normalized spacial score (nSPS) is 11.1. The van der Waals surface area contributed by atoms with E-state index in [1.807, 2.05) is 36.4 Å². The number of benzene rings is 3. The second-order valence-corrected chi connectivity index (χ2v) is 7.45. The van der Waals surface area contributed by atoms with Crippen molar-refractivity contribution in [2.24, 2.45) is 0 Å². The Morgan fingerprint density at radius 2 is 1.33 bits per heavy atom. The summed E-state index contributed by atoms with van der Waals surface area (Å²) in [6.07, 6.45) is 0. The van der Waals surface area contributed by atoms with Crippen LogP contribution >= 0.6 is 0 Å². The number of hydrogen-bond donors (Lipinski definition) is 1. The van der Waals surface area contributed by atoms with Gasteiger partial charge in [0.05, 0.1) is 13.7 Å². The Morgan fingerprint density at radius 1 is 0.800 bits per heavy atom. The van der Waals surface area contributed by atoms with Crippen LogP contribution in [0, 0.1) is 0 Å². The first-order valence-corrected chi connectivity index (χ1v) is 9.74. The Bertz CT molecular complexity index is 962. The van der Waals surface area contributed by atoms with Crippen LogP contribution in [0.15, 0.2) is 72.8 Å². The van der Waals surface area contributed by atoms with Crippen LogP contribution in [0.1, 0.15) is 19.4 Å². The Morgan fingerprint density at radius 3 is 1.87 bits per heavy atom. The molecule has 5 heteroatoms. The zero-order valence-electron chi connectivity index (χ0n) is 17.8. The molecule has 0 aliphatic carbocycles. The third kappa shape index (κ3) is 5.39. The molecule has 0 saturated carbocycles.